The Balaban J connectivity index is 1.62. The number of amides is 2. The Morgan fingerprint density at radius 1 is 0.909 bits per heavy atom. The lowest BCUT2D eigenvalue weighted by Gasteiger charge is -2.12. The van der Waals surface area contributed by atoms with Gasteiger partial charge in [-0.1, -0.05) is 36.4 Å². The van der Waals surface area contributed by atoms with E-state index >= 15 is 0 Å². The van der Waals surface area contributed by atoms with Gasteiger partial charge in [-0.05, 0) is 53.6 Å². The Hall–Kier alpha value is -4.39. The molecule has 33 heavy (non-hydrogen) atoms. The molecule has 0 fully saturated rings. The molecule has 0 aliphatic heterocycles. The molecule has 0 aliphatic rings. The van der Waals surface area contributed by atoms with Gasteiger partial charge in [0.2, 0.25) is 5.91 Å². The van der Waals surface area contributed by atoms with Gasteiger partial charge in [0.25, 0.3) is 5.91 Å². The second-order valence-electron chi connectivity index (χ2n) is 7.06. The monoisotopic (exact) mass is 444 g/mol. The topological polar surface area (TPSA) is 93.7 Å². The lowest BCUT2D eigenvalue weighted by molar-refractivity contribution is -0.131. The van der Waals surface area contributed by atoms with E-state index in [4.69, 9.17) is 9.47 Å². The Morgan fingerprint density at radius 3 is 2.39 bits per heavy atom. The van der Waals surface area contributed by atoms with Crippen molar-refractivity contribution < 1.29 is 23.9 Å². The lowest BCUT2D eigenvalue weighted by Crippen LogP contribution is -2.22. The number of esters is 1. The molecule has 0 unspecified atom stereocenters. The van der Waals surface area contributed by atoms with Gasteiger partial charge < -0.3 is 20.1 Å². The predicted octanol–water partition coefficient (Wildman–Crippen LogP) is 4.20. The Bertz CT molecular complexity index is 1170. The quantitative estimate of drug-likeness (QED) is 0.309. The van der Waals surface area contributed by atoms with Crippen LogP contribution in [0.1, 0.15) is 28.4 Å². The van der Waals surface area contributed by atoms with Crippen LogP contribution in [0.3, 0.4) is 0 Å². The highest BCUT2D eigenvalue weighted by Gasteiger charge is 2.11. The number of methoxy groups -OCH3 is 1. The number of hydrogen-bond donors (Lipinski definition) is 2. The van der Waals surface area contributed by atoms with Crippen LogP contribution in [0.4, 0.5) is 5.69 Å². The smallest absolute Gasteiger partial charge is 0.308 e. The molecule has 3 rings (SSSR count). The highest BCUT2D eigenvalue weighted by Crippen LogP contribution is 2.19. The van der Waals surface area contributed by atoms with Gasteiger partial charge in [0, 0.05) is 30.8 Å². The molecule has 0 saturated carbocycles. The molecule has 0 saturated heterocycles. The Kier molecular flexibility index (Phi) is 7.96. The van der Waals surface area contributed by atoms with E-state index in [1.165, 1.54) is 19.1 Å². The van der Waals surface area contributed by atoms with Crippen LogP contribution in [0.2, 0.25) is 0 Å². The van der Waals surface area contributed by atoms with Crippen molar-refractivity contribution in [3.05, 3.63) is 95.6 Å². The SMILES string of the molecule is COc1ccc(/C=C/C(=O)NCc2ccccc2NC(=O)c2cccc(OC(C)=O)c2)cc1. The van der Waals surface area contributed by atoms with Crippen molar-refractivity contribution in [3.8, 4) is 11.5 Å². The van der Waals surface area contributed by atoms with Crippen molar-refractivity contribution in [3.63, 3.8) is 0 Å². The molecule has 3 aromatic rings. The van der Waals surface area contributed by atoms with E-state index in [0.717, 1.165) is 16.9 Å². The minimum Gasteiger partial charge on any atom is -0.497 e. The van der Waals surface area contributed by atoms with Gasteiger partial charge in [0.05, 0.1) is 7.11 Å². The van der Waals surface area contributed by atoms with Gasteiger partial charge >= 0.3 is 5.97 Å². The molecule has 7 heteroatoms. The van der Waals surface area contributed by atoms with E-state index in [0.29, 0.717) is 17.0 Å². The minimum absolute atomic E-state index is 0.232. The first-order valence-corrected chi connectivity index (χ1v) is 10.2. The van der Waals surface area contributed by atoms with E-state index in [1.807, 2.05) is 36.4 Å². The maximum absolute atomic E-state index is 12.7. The number of para-hydroxylation sites is 1. The van der Waals surface area contributed by atoms with Crippen LogP contribution in [0.15, 0.2) is 78.9 Å². The summed E-state index contributed by atoms with van der Waals surface area (Å²) in [5, 5.41) is 5.66. The van der Waals surface area contributed by atoms with E-state index < -0.39 is 5.97 Å². The molecule has 0 radical (unpaired) electrons. The lowest BCUT2D eigenvalue weighted by atomic mass is 10.1. The maximum atomic E-state index is 12.7. The van der Waals surface area contributed by atoms with Gasteiger partial charge in [0.15, 0.2) is 0 Å². The summed E-state index contributed by atoms with van der Waals surface area (Å²) < 4.78 is 10.1. The van der Waals surface area contributed by atoms with Gasteiger partial charge in [-0.2, -0.15) is 0 Å². The summed E-state index contributed by atoms with van der Waals surface area (Å²) in [4.78, 5) is 36.1. The van der Waals surface area contributed by atoms with Crippen molar-refractivity contribution in [1.29, 1.82) is 0 Å². The number of anilines is 1. The number of carbonyl (C=O) groups is 3. The van der Waals surface area contributed by atoms with E-state index in [9.17, 15) is 14.4 Å². The summed E-state index contributed by atoms with van der Waals surface area (Å²) in [7, 11) is 1.60. The molecular weight excluding hydrogens is 420 g/mol. The Labute approximate surface area is 192 Å². The fourth-order valence-corrected chi connectivity index (χ4v) is 2.99. The van der Waals surface area contributed by atoms with Crippen molar-refractivity contribution in [2.45, 2.75) is 13.5 Å². The van der Waals surface area contributed by atoms with Crippen LogP contribution in [0.25, 0.3) is 6.08 Å². The fraction of sp³-hybridized carbons (Fsp3) is 0.115. The third-order valence-electron chi connectivity index (χ3n) is 4.62. The summed E-state index contributed by atoms with van der Waals surface area (Å²) in [6.07, 6.45) is 3.15. The predicted molar refractivity (Wildman–Crippen MR) is 126 cm³/mol. The molecule has 0 aromatic heterocycles. The summed E-state index contributed by atoms with van der Waals surface area (Å²) in [5.41, 5.74) is 2.53. The number of nitrogens with one attached hydrogen (secondary N) is 2. The summed E-state index contributed by atoms with van der Waals surface area (Å²) >= 11 is 0. The highest BCUT2D eigenvalue weighted by atomic mass is 16.5. The molecule has 0 spiro atoms. The molecule has 7 nitrogen and oxygen atoms in total. The normalized spacial score (nSPS) is 10.5. The summed E-state index contributed by atoms with van der Waals surface area (Å²) in [6.45, 7) is 1.53. The molecule has 168 valence electrons. The second-order valence-corrected chi connectivity index (χ2v) is 7.06. The molecule has 2 N–H and O–H groups in total. The standard InChI is InChI=1S/C26H24N2O5/c1-18(29)33-23-8-5-7-20(16-23)26(31)28-24-9-4-3-6-21(24)17-27-25(30)15-12-19-10-13-22(32-2)14-11-19/h3-16H,17H2,1-2H3,(H,27,30)(H,28,31)/b15-12+. The van der Waals surface area contributed by atoms with Crippen LogP contribution >= 0.6 is 0 Å². The Morgan fingerprint density at radius 2 is 1.67 bits per heavy atom. The number of ether oxygens (including phenoxy) is 2. The zero-order valence-electron chi connectivity index (χ0n) is 18.3. The van der Waals surface area contributed by atoms with Gasteiger partial charge in [-0.25, -0.2) is 0 Å². The average molecular weight is 444 g/mol. The van der Waals surface area contributed by atoms with Gasteiger partial charge in [0.1, 0.15) is 11.5 Å². The van der Waals surface area contributed by atoms with Crippen LogP contribution < -0.4 is 20.1 Å². The van der Waals surface area contributed by atoms with Crippen molar-refractivity contribution in [2.24, 2.45) is 0 Å². The highest BCUT2D eigenvalue weighted by molar-refractivity contribution is 6.05. The third-order valence-corrected chi connectivity index (χ3v) is 4.62. The largest absolute Gasteiger partial charge is 0.497 e. The number of hydrogen-bond acceptors (Lipinski definition) is 5. The van der Waals surface area contributed by atoms with Crippen LogP contribution in [0, 0.1) is 0 Å². The molecule has 0 heterocycles. The number of rotatable bonds is 8. The average Bonchev–Trinajstić information content (AvgIpc) is 2.82. The first-order valence-electron chi connectivity index (χ1n) is 10.2. The van der Waals surface area contributed by atoms with E-state index in [1.54, 1.807) is 43.5 Å². The first kappa shape index (κ1) is 23.3. The van der Waals surface area contributed by atoms with Gasteiger partial charge in [-0.15, -0.1) is 0 Å². The number of carbonyl (C=O) groups excluding carboxylic acids is 3. The molecule has 0 aliphatic carbocycles. The van der Waals surface area contributed by atoms with Crippen LogP contribution in [-0.4, -0.2) is 24.9 Å². The molecule has 2 amide bonds. The van der Waals surface area contributed by atoms with Crippen molar-refractivity contribution in [1.82, 2.24) is 5.32 Å². The molecule has 3 aromatic carbocycles. The zero-order chi connectivity index (χ0) is 23.6. The zero-order valence-corrected chi connectivity index (χ0v) is 18.3. The van der Waals surface area contributed by atoms with Gasteiger partial charge in [-0.3, -0.25) is 14.4 Å². The second kappa shape index (κ2) is 11.3. The summed E-state index contributed by atoms with van der Waals surface area (Å²) in [6, 6.07) is 20.9. The third kappa shape index (κ3) is 7.07. The van der Waals surface area contributed by atoms with Crippen LogP contribution in [0.5, 0.6) is 11.5 Å². The fourth-order valence-electron chi connectivity index (χ4n) is 2.99. The minimum atomic E-state index is -0.463. The first-order chi connectivity index (χ1) is 15.9. The van der Waals surface area contributed by atoms with E-state index in [-0.39, 0.29) is 18.4 Å². The molecular formula is C26H24N2O5. The molecule has 0 bridgehead atoms. The van der Waals surface area contributed by atoms with E-state index in [2.05, 4.69) is 10.6 Å². The number of benzene rings is 3. The maximum Gasteiger partial charge on any atom is 0.308 e. The van der Waals surface area contributed by atoms with Crippen molar-refractivity contribution in [2.75, 3.05) is 12.4 Å². The summed E-state index contributed by atoms with van der Waals surface area (Å²) in [5.74, 6) is -0.0504. The molecule has 0 atom stereocenters. The van der Waals surface area contributed by atoms with Crippen molar-refractivity contribution >= 4 is 29.5 Å². The van der Waals surface area contributed by atoms with Crippen LogP contribution in [-0.2, 0) is 16.1 Å².